The van der Waals surface area contributed by atoms with Crippen molar-refractivity contribution in [2.45, 2.75) is 13.0 Å². The summed E-state index contributed by atoms with van der Waals surface area (Å²) in [5.41, 5.74) is 7.54. The fourth-order valence-corrected chi connectivity index (χ4v) is 2.33. The molecule has 6 heteroatoms. The number of anilines is 2. The standard InChI is InChI=1S/C11H14IN5/c1-7(11-16-14-6-17(11)2)15-10-4-3-8(13)5-9(10)12/h3-7,15H,13H2,1-2H3. The van der Waals surface area contributed by atoms with E-state index in [0.29, 0.717) is 0 Å². The first-order chi connectivity index (χ1) is 8.08. The normalized spacial score (nSPS) is 12.4. The van der Waals surface area contributed by atoms with Crippen LogP contribution in [0.25, 0.3) is 0 Å². The van der Waals surface area contributed by atoms with E-state index in [1.165, 1.54) is 0 Å². The number of hydrogen-bond acceptors (Lipinski definition) is 4. The van der Waals surface area contributed by atoms with E-state index in [1.807, 2.05) is 29.8 Å². The molecule has 0 amide bonds. The molecule has 0 saturated heterocycles. The number of hydrogen-bond donors (Lipinski definition) is 2. The Balaban J connectivity index is 2.19. The zero-order valence-electron chi connectivity index (χ0n) is 9.68. The molecule has 1 heterocycles. The van der Waals surface area contributed by atoms with E-state index in [4.69, 9.17) is 5.73 Å². The first-order valence-electron chi connectivity index (χ1n) is 5.23. The molecule has 5 nitrogen and oxygen atoms in total. The summed E-state index contributed by atoms with van der Waals surface area (Å²) in [6.45, 7) is 2.05. The third-order valence-electron chi connectivity index (χ3n) is 2.50. The van der Waals surface area contributed by atoms with Crippen LogP contribution in [0, 0.1) is 3.57 Å². The Hall–Kier alpha value is -1.31. The molecule has 0 radical (unpaired) electrons. The topological polar surface area (TPSA) is 68.8 Å². The number of benzene rings is 1. The number of halogens is 1. The molecule has 0 saturated carbocycles. The lowest BCUT2D eigenvalue weighted by molar-refractivity contribution is 0.719. The largest absolute Gasteiger partial charge is 0.399 e. The van der Waals surface area contributed by atoms with Crippen molar-refractivity contribution in [2.75, 3.05) is 11.1 Å². The molecule has 0 aliphatic rings. The van der Waals surface area contributed by atoms with Crippen LogP contribution in [-0.4, -0.2) is 14.8 Å². The van der Waals surface area contributed by atoms with Gasteiger partial charge in [-0.1, -0.05) is 0 Å². The maximum atomic E-state index is 5.72. The molecular formula is C11H14IN5. The zero-order valence-corrected chi connectivity index (χ0v) is 11.8. The second kappa shape index (κ2) is 4.91. The lowest BCUT2D eigenvalue weighted by atomic mass is 10.2. The van der Waals surface area contributed by atoms with Crippen molar-refractivity contribution in [1.82, 2.24) is 14.8 Å². The van der Waals surface area contributed by atoms with Gasteiger partial charge in [-0.15, -0.1) is 10.2 Å². The van der Waals surface area contributed by atoms with E-state index < -0.39 is 0 Å². The zero-order chi connectivity index (χ0) is 12.4. The Bertz CT molecular complexity index is 522. The van der Waals surface area contributed by atoms with Crippen molar-refractivity contribution in [2.24, 2.45) is 7.05 Å². The molecule has 0 aliphatic heterocycles. The molecule has 2 rings (SSSR count). The first kappa shape index (κ1) is 12.2. The number of nitrogens with zero attached hydrogens (tertiary/aromatic N) is 3. The Morgan fingerprint density at radius 1 is 1.47 bits per heavy atom. The maximum Gasteiger partial charge on any atom is 0.154 e. The number of nitrogen functional groups attached to an aromatic ring is 1. The van der Waals surface area contributed by atoms with Crippen molar-refractivity contribution in [1.29, 1.82) is 0 Å². The average Bonchev–Trinajstić information content (AvgIpc) is 2.68. The van der Waals surface area contributed by atoms with Crippen LogP contribution in [0.3, 0.4) is 0 Å². The van der Waals surface area contributed by atoms with Gasteiger partial charge in [0.2, 0.25) is 0 Å². The molecule has 0 fully saturated rings. The van der Waals surface area contributed by atoms with Crippen molar-refractivity contribution in [3.8, 4) is 0 Å². The summed E-state index contributed by atoms with van der Waals surface area (Å²) in [5, 5.41) is 11.3. The summed E-state index contributed by atoms with van der Waals surface area (Å²) in [5.74, 6) is 0.901. The van der Waals surface area contributed by atoms with Crippen molar-refractivity contribution in [3.63, 3.8) is 0 Å². The van der Waals surface area contributed by atoms with Crippen LogP contribution in [-0.2, 0) is 7.05 Å². The highest BCUT2D eigenvalue weighted by molar-refractivity contribution is 14.1. The van der Waals surface area contributed by atoms with Gasteiger partial charge in [-0.2, -0.15) is 0 Å². The summed E-state index contributed by atoms with van der Waals surface area (Å²) in [7, 11) is 1.93. The highest BCUT2D eigenvalue weighted by atomic mass is 127. The summed E-state index contributed by atoms with van der Waals surface area (Å²) in [6, 6.07) is 5.89. The highest BCUT2D eigenvalue weighted by Gasteiger charge is 2.12. The van der Waals surface area contributed by atoms with E-state index in [0.717, 1.165) is 20.8 Å². The lowest BCUT2D eigenvalue weighted by Crippen LogP contribution is -2.12. The lowest BCUT2D eigenvalue weighted by Gasteiger charge is -2.15. The molecule has 90 valence electrons. The fourth-order valence-electron chi connectivity index (χ4n) is 1.63. The smallest absolute Gasteiger partial charge is 0.154 e. The molecule has 1 atom stereocenters. The third-order valence-corrected chi connectivity index (χ3v) is 3.39. The minimum absolute atomic E-state index is 0.0969. The molecule has 1 aromatic carbocycles. The summed E-state index contributed by atoms with van der Waals surface area (Å²) < 4.78 is 3.00. The van der Waals surface area contributed by atoms with Gasteiger partial charge in [-0.3, -0.25) is 0 Å². The maximum absolute atomic E-state index is 5.72. The van der Waals surface area contributed by atoms with E-state index >= 15 is 0 Å². The molecule has 1 aromatic heterocycles. The summed E-state index contributed by atoms with van der Waals surface area (Å²) >= 11 is 2.26. The molecule has 3 N–H and O–H groups in total. The number of rotatable bonds is 3. The fraction of sp³-hybridized carbons (Fsp3) is 0.273. The Morgan fingerprint density at radius 2 is 2.24 bits per heavy atom. The van der Waals surface area contributed by atoms with Crippen LogP contribution in [0.2, 0.25) is 0 Å². The Kier molecular flexibility index (Phi) is 3.51. The first-order valence-corrected chi connectivity index (χ1v) is 6.31. The minimum Gasteiger partial charge on any atom is -0.399 e. The van der Waals surface area contributed by atoms with Gasteiger partial charge < -0.3 is 15.6 Å². The molecule has 0 spiro atoms. The predicted molar refractivity (Wildman–Crippen MR) is 76.6 cm³/mol. The van der Waals surface area contributed by atoms with Crippen LogP contribution in [0.5, 0.6) is 0 Å². The molecular weight excluding hydrogens is 329 g/mol. The summed E-state index contributed by atoms with van der Waals surface area (Å²) in [4.78, 5) is 0. The van der Waals surface area contributed by atoms with Crippen LogP contribution < -0.4 is 11.1 Å². The predicted octanol–water partition coefficient (Wildman–Crippen LogP) is 2.17. The van der Waals surface area contributed by atoms with Crippen LogP contribution in [0.15, 0.2) is 24.5 Å². The van der Waals surface area contributed by atoms with Crippen molar-refractivity contribution >= 4 is 34.0 Å². The second-order valence-corrected chi connectivity index (χ2v) is 5.07. The molecule has 2 aromatic rings. The Morgan fingerprint density at radius 3 is 2.82 bits per heavy atom. The number of aryl methyl sites for hydroxylation is 1. The van der Waals surface area contributed by atoms with E-state index in [2.05, 4.69) is 45.0 Å². The van der Waals surface area contributed by atoms with Crippen LogP contribution in [0.1, 0.15) is 18.8 Å². The number of nitrogens with one attached hydrogen (secondary N) is 1. The van der Waals surface area contributed by atoms with E-state index in [-0.39, 0.29) is 6.04 Å². The van der Waals surface area contributed by atoms with Gasteiger partial charge in [0.15, 0.2) is 5.82 Å². The number of aromatic nitrogens is 3. The SMILES string of the molecule is CC(Nc1ccc(N)cc1I)c1nncn1C. The average molecular weight is 343 g/mol. The highest BCUT2D eigenvalue weighted by Crippen LogP contribution is 2.24. The molecule has 17 heavy (non-hydrogen) atoms. The minimum atomic E-state index is 0.0969. The second-order valence-electron chi connectivity index (χ2n) is 3.91. The summed E-state index contributed by atoms with van der Waals surface area (Å²) in [6.07, 6.45) is 1.70. The van der Waals surface area contributed by atoms with Gasteiger partial charge in [0.1, 0.15) is 6.33 Å². The van der Waals surface area contributed by atoms with Gasteiger partial charge in [-0.05, 0) is 47.7 Å². The molecule has 0 aliphatic carbocycles. The van der Waals surface area contributed by atoms with Gasteiger partial charge >= 0.3 is 0 Å². The molecule has 0 bridgehead atoms. The third kappa shape index (κ3) is 2.68. The quantitative estimate of drug-likeness (QED) is 0.662. The van der Waals surface area contributed by atoms with E-state index in [9.17, 15) is 0 Å². The van der Waals surface area contributed by atoms with Gasteiger partial charge in [0.05, 0.1) is 6.04 Å². The van der Waals surface area contributed by atoms with Gasteiger partial charge in [0.25, 0.3) is 0 Å². The molecule has 1 unspecified atom stereocenters. The number of nitrogens with two attached hydrogens (primary N) is 1. The van der Waals surface area contributed by atoms with Crippen molar-refractivity contribution in [3.05, 3.63) is 33.9 Å². The Labute approximate surface area is 114 Å². The monoisotopic (exact) mass is 343 g/mol. The van der Waals surface area contributed by atoms with Crippen LogP contribution >= 0.6 is 22.6 Å². The van der Waals surface area contributed by atoms with E-state index in [1.54, 1.807) is 6.33 Å². The van der Waals surface area contributed by atoms with Crippen LogP contribution in [0.4, 0.5) is 11.4 Å². The van der Waals surface area contributed by atoms with Crippen molar-refractivity contribution < 1.29 is 0 Å². The van der Waals surface area contributed by atoms with Gasteiger partial charge in [0, 0.05) is 22.0 Å². The van der Waals surface area contributed by atoms with Gasteiger partial charge in [-0.25, -0.2) is 0 Å².